The molecule has 0 aromatic heterocycles. The number of hydrogen-bond donors (Lipinski definition) is 3. The molecule has 1 aromatic carbocycles. The Hall–Kier alpha value is -2.12. The van der Waals surface area contributed by atoms with Crippen molar-refractivity contribution in [2.75, 3.05) is 19.7 Å². The van der Waals surface area contributed by atoms with Crippen LogP contribution in [0.4, 0.5) is 0 Å². The third-order valence-electron chi connectivity index (χ3n) is 3.79. The van der Waals surface area contributed by atoms with Crippen LogP contribution in [0.2, 0.25) is 0 Å². The molecule has 7 heteroatoms. The van der Waals surface area contributed by atoms with E-state index in [0.29, 0.717) is 26.2 Å². The van der Waals surface area contributed by atoms with Crippen molar-refractivity contribution < 1.29 is 14.3 Å². The number of para-hydroxylation sites is 1. The van der Waals surface area contributed by atoms with Crippen molar-refractivity contribution in [3.8, 4) is 5.75 Å². The molecule has 126 valence electrons. The molecule has 7 nitrogen and oxygen atoms in total. The quantitative estimate of drug-likeness (QED) is 0.378. The number of carbonyl (C=O) groups is 2. The number of carbonyl (C=O) groups excluding carboxylic acids is 2. The van der Waals surface area contributed by atoms with Crippen molar-refractivity contribution in [1.82, 2.24) is 15.6 Å². The lowest BCUT2D eigenvalue weighted by Gasteiger charge is -2.34. The Morgan fingerprint density at radius 3 is 3.00 bits per heavy atom. The summed E-state index contributed by atoms with van der Waals surface area (Å²) in [6, 6.07) is 7.26. The molecule has 1 aliphatic heterocycles. The largest absolute Gasteiger partial charge is 0.493 e. The maximum Gasteiger partial charge on any atom is 0.237 e. The summed E-state index contributed by atoms with van der Waals surface area (Å²) in [4.78, 5) is 25.7. The molecule has 1 unspecified atom stereocenters. The summed E-state index contributed by atoms with van der Waals surface area (Å²) in [6.45, 7) is 4.50. The molecule has 0 spiro atoms. The molecule has 1 atom stereocenters. The second-order valence-corrected chi connectivity index (χ2v) is 5.51. The van der Waals surface area contributed by atoms with Crippen LogP contribution in [0, 0.1) is 0 Å². The van der Waals surface area contributed by atoms with Gasteiger partial charge in [0, 0.05) is 25.2 Å². The Labute approximate surface area is 136 Å². The topological polar surface area (TPSA) is 96.7 Å². The third kappa shape index (κ3) is 4.67. The molecule has 23 heavy (non-hydrogen) atoms. The maximum atomic E-state index is 12.1. The number of ether oxygens (including phenoxy) is 1. The fraction of sp³-hybridized carbons (Fsp3) is 0.500. The van der Waals surface area contributed by atoms with E-state index in [0.717, 1.165) is 17.7 Å². The van der Waals surface area contributed by atoms with Crippen LogP contribution in [0.3, 0.4) is 0 Å². The van der Waals surface area contributed by atoms with Crippen molar-refractivity contribution in [2.24, 2.45) is 5.84 Å². The predicted octanol–water partition coefficient (Wildman–Crippen LogP) is 0.156. The average Bonchev–Trinajstić information content (AvgIpc) is 2.57. The van der Waals surface area contributed by atoms with Crippen molar-refractivity contribution in [2.45, 2.75) is 32.4 Å². The Kier molecular flexibility index (Phi) is 6.37. The van der Waals surface area contributed by atoms with Gasteiger partial charge < -0.3 is 10.1 Å². The number of nitrogens with zero attached hydrogens (tertiary/aromatic N) is 1. The number of amides is 2. The average molecular weight is 320 g/mol. The van der Waals surface area contributed by atoms with E-state index in [4.69, 9.17) is 10.6 Å². The van der Waals surface area contributed by atoms with E-state index in [9.17, 15) is 9.59 Å². The van der Waals surface area contributed by atoms with Gasteiger partial charge in [-0.25, -0.2) is 5.84 Å². The molecule has 0 bridgehead atoms. The first-order valence-electron chi connectivity index (χ1n) is 7.87. The number of piperazine rings is 1. The zero-order valence-electron chi connectivity index (χ0n) is 13.4. The lowest BCUT2D eigenvalue weighted by molar-refractivity contribution is -0.134. The van der Waals surface area contributed by atoms with Crippen LogP contribution in [0.15, 0.2) is 24.3 Å². The minimum absolute atomic E-state index is 0.0420. The Balaban J connectivity index is 2.12. The maximum absolute atomic E-state index is 12.1. The molecular weight excluding hydrogens is 296 g/mol. The molecular formula is C16H24N4O3. The third-order valence-corrected chi connectivity index (χ3v) is 3.79. The normalized spacial score (nSPS) is 18.3. The molecule has 0 saturated carbocycles. The van der Waals surface area contributed by atoms with E-state index in [1.165, 1.54) is 0 Å². The van der Waals surface area contributed by atoms with Gasteiger partial charge in [0.25, 0.3) is 0 Å². The summed E-state index contributed by atoms with van der Waals surface area (Å²) in [7, 11) is 0. The zero-order valence-corrected chi connectivity index (χ0v) is 13.4. The van der Waals surface area contributed by atoms with Gasteiger partial charge in [0.1, 0.15) is 5.75 Å². The standard InChI is InChI=1S/C16H24N4O3/c1-2-9-23-14-6-4-3-5-12(14)11-20-8-7-18-16(22)13(20)10-15(21)19-17/h3-6,13H,2,7-11,17H2,1H3,(H,18,22)(H,19,21). The van der Waals surface area contributed by atoms with E-state index in [-0.39, 0.29) is 18.2 Å². The van der Waals surface area contributed by atoms with E-state index in [2.05, 4.69) is 17.7 Å². The minimum Gasteiger partial charge on any atom is -0.493 e. The fourth-order valence-electron chi connectivity index (χ4n) is 2.61. The van der Waals surface area contributed by atoms with Crippen molar-refractivity contribution in [3.05, 3.63) is 29.8 Å². The minimum atomic E-state index is -0.522. The summed E-state index contributed by atoms with van der Waals surface area (Å²) in [5.74, 6) is 5.46. The molecule has 2 rings (SSSR count). The summed E-state index contributed by atoms with van der Waals surface area (Å²) in [5, 5.41) is 2.79. The van der Waals surface area contributed by atoms with Gasteiger partial charge in [0.15, 0.2) is 0 Å². The number of nitrogens with one attached hydrogen (secondary N) is 2. The fourth-order valence-corrected chi connectivity index (χ4v) is 2.61. The predicted molar refractivity (Wildman–Crippen MR) is 86.4 cm³/mol. The van der Waals surface area contributed by atoms with E-state index in [1.807, 2.05) is 29.2 Å². The van der Waals surface area contributed by atoms with E-state index >= 15 is 0 Å². The lowest BCUT2D eigenvalue weighted by atomic mass is 10.1. The second-order valence-electron chi connectivity index (χ2n) is 5.51. The number of hydrogen-bond acceptors (Lipinski definition) is 5. The zero-order chi connectivity index (χ0) is 16.7. The Morgan fingerprint density at radius 1 is 1.48 bits per heavy atom. The van der Waals surface area contributed by atoms with Gasteiger partial charge in [-0.3, -0.25) is 19.9 Å². The number of benzene rings is 1. The van der Waals surface area contributed by atoms with Gasteiger partial charge in [0.2, 0.25) is 11.8 Å². The van der Waals surface area contributed by atoms with Crippen LogP contribution < -0.4 is 21.3 Å². The molecule has 0 aliphatic carbocycles. The highest BCUT2D eigenvalue weighted by atomic mass is 16.5. The van der Waals surface area contributed by atoms with Gasteiger partial charge in [-0.15, -0.1) is 0 Å². The van der Waals surface area contributed by atoms with Crippen LogP contribution in [0.1, 0.15) is 25.3 Å². The van der Waals surface area contributed by atoms with Crippen LogP contribution >= 0.6 is 0 Å². The van der Waals surface area contributed by atoms with Crippen molar-refractivity contribution in [3.63, 3.8) is 0 Å². The summed E-state index contributed by atoms with van der Waals surface area (Å²) >= 11 is 0. The van der Waals surface area contributed by atoms with Crippen LogP contribution in [0.5, 0.6) is 5.75 Å². The number of rotatable bonds is 7. The van der Waals surface area contributed by atoms with Crippen molar-refractivity contribution >= 4 is 11.8 Å². The first kappa shape index (κ1) is 17.2. The summed E-state index contributed by atoms with van der Waals surface area (Å²) in [5.41, 5.74) is 3.09. The summed E-state index contributed by atoms with van der Waals surface area (Å²) in [6.07, 6.45) is 0.972. The van der Waals surface area contributed by atoms with Gasteiger partial charge in [-0.05, 0) is 12.5 Å². The Bertz CT molecular complexity index is 550. The van der Waals surface area contributed by atoms with E-state index < -0.39 is 6.04 Å². The summed E-state index contributed by atoms with van der Waals surface area (Å²) < 4.78 is 5.77. The molecule has 0 radical (unpaired) electrons. The smallest absolute Gasteiger partial charge is 0.237 e. The molecule has 1 heterocycles. The molecule has 1 saturated heterocycles. The first-order valence-corrected chi connectivity index (χ1v) is 7.87. The highest BCUT2D eigenvalue weighted by Crippen LogP contribution is 2.22. The molecule has 2 amide bonds. The first-order chi connectivity index (χ1) is 11.2. The van der Waals surface area contributed by atoms with Gasteiger partial charge >= 0.3 is 0 Å². The molecule has 1 aromatic rings. The van der Waals surface area contributed by atoms with Crippen LogP contribution in [-0.2, 0) is 16.1 Å². The van der Waals surface area contributed by atoms with Gasteiger partial charge in [-0.1, -0.05) is 25.1 Å². The van der Waals surface area contributed by atoms with Crippen LogP contribution in [0.25, 0.3) is 0 Å². The Morgan fingerprint density at radius 2 is 2.26 bits per heavy atom. The highest BCUT2D eigenvalue weighted by molar-refractivity contribution is 5.88. The second kappa shape index (κ2) is 8.50. The SMILES string of the molecule is CCCOc1ccccc1CN1CCNC(=O)C1CC(=O)NN. The van der Waals surface area contributed by atoms with Gasteiger partial charge in [-0.2, -0.15) is 0 Å². The monoisotopic (exact) mass is 320 g/mol. The highest BCUT2D eigenvalue weighted by Gasteiger charge is 2.31. The number of hydrazine groups is 1. The molecule has 1 fully saturated rings. The number of nitrogens with two attached hydrogens (primary N) is 1. The molecule has 1 aliphatic rings. The molecule has 4 N–H and O–H groups in total. The van der Waals surface area contributed by atoms with Gasteiger partial charge in [0.05, 0.1) is 19.1 Å². The van der Waals surface area contributed by atoms with E-state index in [1.54, 1.807) is 0 Å². The van der Waals surface area contributed by atoms with Crippen molar-refractivity contribution in [1.29, 1.82) is 0 Å². The van der Waals surface area contributed by atoms with Crippen LogP contribution in [-0.4, -0.2) is 42.5 Å². The lowest BCUT2D eigenvalue weighted by Crippen LogP contribution is -2.56.